The Morgan fingerprint density at radius 2 is 1.88 bits per heavy atom. The SMILES string of the molecule is CC(C)CC(C)(COc1ncc(-c2ccnc(C(F)F)c2)cc1C#N)NC(=O)OC(C)(C)C. The van der Waals surface area contributed by atoms with Crippen LogP contribution in [0.25, 0.3) is 11.1 Å². The van der Waals surface area contributed by atoms with Crippen LogP contribution in [0.1, 0.15) is 65.6 Å². The normalized spacial score (nSPS) is 13.4. The minimum absolute atomic E-state index is 0.0518. The maximum Gasteiger partial charge on any atom is 0.408 e. The largest absolute Gasteiger partial charge is 0.474 e. The van der Waals surface area contributed by atoms with Crippen molar-refractivity contribution in [2.45, 2.75) is 65.5 Å². The van der Waals surface area contributed by atoms with Gasteiger partial charge in [-0.15, -0.1) is 0 Å². The molecule has 9 heteroatoms. The number of hydrogen-bond acceptors (Lipinski definition) is 6. The number of rotatable bonds is 8. The second-order valence-corrected chi connectivity index (χ2v) is 9.53. The Morgan fingerprint density at radius 1 is 1.18 bits per heavy atom. The summed E-state index contributed by atoms with van der Waals surface area (Å²) >= 11 is 0. The maximum atomic E-state index is 13.0. The Bertz CT molecular complexity index is 1020. The van der Waals surface area contributed by atoms with Crippen LogP contribution in [0.5, 0.6) is 5.88 Å². The molecule has 0 aliphatic carbocycles. The van der Waals surface area contributed by atoms with Crippen molar-refractivity contribution < 1.29 is 23.0 Å². The highest BCUT2D eigenvalue weighted by Gasteiger charge is 2.31. The van der Waals surface area contributed by atoms with Gasteiger partial charge in [-0.25, -0.2) is 18.6 Å². The molecule has 2 aromatic rings. The number of halogens is 2. The van der Waals surface area contributed by atoms with Crippen molar-refractivity contribution >= 4 is 6.09 Å². The number of pyridine rings is 2. The Balaban J connectivity index is 2.23. The number of alkyl carbamates (subject to hydrolysis) is 1. The predicted octanol–water partition coefficient (Wildman–Crippen LogP) is 5.66. The molecular weight excluding hydrogens is 430 g/mol. The first-order valence-electron chi connectivity index (χ1n) is 10.6. The first kappa shape index (κ1) is 26.0. The van der Waals surface area contributed by atoms with E-state index >= 15 is 0 Å². The van der Waals surface area contributed by atoms with Crippen molar-refractivity contribution in [3.63, 3.8) is 0 Å². The topological polar surface area (TPSA) is 97.1 Å². The number of ether oxygens (including phenoxy) is 2. The quantitative estimate of drug-likeness (QED) is 0.546. The molecule has 0 saturated carbocycles. The van der Waals surface area contributed by atoms with Crippen molar-refractivity contribution in [2.75, 3.05) is 6.61 Å². The minimum atomic E-state index is -2.70. The van der Waals surface area contributed by atoms with E-state index in [2.05, 4.69) is 15.3 Å². The lowest BCUT2D eigenvalue weighted by Crippen LogP contribution is -2.52. The van der Waals surface area contributed by atoms with Gasteiger partial charge in [-0.3, -0.25) is 4.98 Å². The van der Waals surface area contributed by atoms with Crippen molar-refractivity contribution in [1.82, 2.24) is 15.3 Å². The fraction of sp³-hybridized carbons (Fsp3) is 0.500. The Morgan fingerprint density at radius 3 is 2.45 bits per heavy atom. The molecule has 2 aromatic heterocycles. The lowest BCUT2D eigenvalue weighted by atomic mass is 9.91. The molecule has 0 spiro atoms. The highest BCUT2D eigenvalue weighted by atomic mass is 19.3. The Hall–Kier alpha value is -3.28. The molecule has 0 aliphatic rings. The summed E-state index contributed by atoms with van der Waals surface area (Å²) in [7, 11) is 0. The number of carbonyl (C=O) groups excluding carboxylic acids is 1. The standard InChI is InChI=1S/C24H30F2N4O3/c1-15(2)11-24(6,30-22(31)33-23(3,4)5)14-32-21-17(12-27)9-18(13-29-21)16-7-8-28-19(10-16)20(25)26/h7-10,13,15,20H,11,14H2,1-6H3,(H,30,31). The number of nitriles is 1. The van der Waals surface area contributed by atoms with E-state index in [1.165, 1.54) is 24.5 Å². The molecule has 2 rings (SSSR count). The summed E-state index contributed by atoms with van der Waals surface area (Å²) in [6, 6.07) is 6.37. The molecule has 0 bridgehead atoms. The van der Waals surface area contributed by atoms with E-state index in [9.17, 15) is 18.8 Å². The summed E-state index contributed by atoms with van der Waals surface area (Å²) in [5, 5.41) is 12.5. The average molecular weight is 461 g/mol. The number of nitrogens with one attached hydrogen (secondary N) is 1. The van der Waals surface area contributed by atoms with Gasteiger partial charge in [0.05, 0.1) is 5.54 Å². The summed E-state index contributed by atoms with van der Waals surface area (Å²) in [6.45, 7) is 11.3. The summed E-state index contributed by atoms with van der Waals surface area (Å²) in [6.07, 6.45) is 0.0618. The van der Waals surface area contributed by atoms with Crippen molar-refractivity contribution in [1.29, 1.82) is 5.26 Å². The molecule has 1 unspecified atom stereocenters. The first-order valence-corrected chi connectivity index (χ1v) is 10.6. The molecule has 0 fully saturated rings. The van der Waals surface area contributed by atoms with Crippen LogP contribution in [0.4, 0.5) is 13.6 Å². The Kier molecular flexibility index (Phi) is 8.31. The number of hydrogen-bond donors (Lipinski definition) is 1. The number of aromatic nitrogens is 2. The van der Waals surface area contributed by atoms with E-state index in [1.807, 2.05) is 26.8 Å². The van der Waals surface area contributed by atoms with E-state index < -0.39 is 23.7 Å². The molecule has 0 aliphatic heterocycles. The molecule has 0 saturated heterocycles. The second-order valence-electron chi connectivity index (χ2n) is 9.53. The number of nitrogens with zero attached hydrogens (tertiary/aromatic N) is 3. The van der Waals surface area contributed by atoms with Crippen molar-refractivity contribution in [3.8, 4) is 23.1 Å². The number of alkyl halides is 2. The fourth-order valence-electron chi connectivity index (χ4n) is 3.38. The van der Waals surface area contributed by atoms with E-state index in [4.69, 9.17) is 9.47 Å². The van der Waals surface area contributed by atoms with Crippen LogP contribution in [0, 0.1) is 17.2 Å². The van der Waals surface area contributed by atoms with Gasteiger partial charge in [0.1, 0.15) is 29.5 Å². The van der Waals surface area contributed by atoms with Crippen LogP contribution in [0.2, 0.25) is 0 Å². The van der Waals surface area contributed by atoms with Crippen LogP contribution in [-0.4, -0.2) is 33.8 Å². The lowest BCUT2D eigenvalue weighted by Gasteiger charge is -2.33. The summed E-state index contributed by atoms with van der Waals surface area (Å²) in [5.41, 5.74) is -0.685. The van der Waals surface area contributed by atoms with Gasteiger partial charge < -0.3 is 14.8 Å². The minimum Gasteiger partial charge on any atom is -0.474 e. The maximum absolute atomic E-state index is 13.0. The molecule has 33 heavy (non-hydrogen) atoms. The van der Waals surface area contributed by atoms with Gasteiger partial charge in [0, 0.05) is 18.0 Å². The van der Waals surface area contributed by atoms with Gasteiger partial charge in [-0.2, -0.15) is 5.26 Å². The zero-order valence-electron chi connectivity index (χ0n) is 19.8. The van der Waals surface area contributed by atoms with Crippen molar-refractivity contribution in [3.05, 3.63) is 41.9 Å². The van der Waals surface area contributed by atoms with E-state index in [0.29, 0.717) is 17.5 Å². The molecule has 0 aromatic carbocycles. The molecule has 2 heterocycles. The third kappa shape index (κ3) is 7.97. The summed E-state index contributed by atoms with van der Waals surface area (Å²) in [4.78, 5) is 20.2. The van der Waals surface area contributed by atoms with Crippen LogP contribution < -0.4 is 10.1 Å². The molecular formula is C24H30F2N4O3. The summed E-state index contributed by atoms with van der Waals surface area (Å²) < 4.78 is 37.1. The third-order valence-corrected chi connectivity index (χ3v) is 4.50. The number of carbonyl (C=O) groups is 1. The highest BCUT2D eigenvalue weighted by Crippen LogP contribution is 2.28. The number of amides is 1. The van der Waals surface area contributed by atoms with Crippen LogP contribution in [0.3, 0.4) is 0 Å². The van der Waals surface area contributed by atoms with Gasteiger partial charge in [-0.05, 0) is 63.8 Å². The fourth-order valence-corrected chi connectivity index (χ4v) is 3.38. The summed E-state index contributed by atoms with van der Waals surface area (Å²) in [5.74, 6) is 0.334. The van der Waals surface area contributed by atoms with Gasteiger partial charge in [-0.1, -0.05) is 13.8 Å². The zero-order valence-corrected chi connectivity index (χ0v) is 19.8. The van der Waals surface area contributed by atoms with E-state index in [0.717, 1.165) is 0 Å². The van der Waals surface area contributed by atoms with Crippen LogP contribution in [0.15, 0.2) is 30.6 Å². The molecule has 1 N–H and O–H groups in total. The van der Waals surface area contributed by atoms with Crippen LogP contribution >= 0.6 is 0 Å². The Labute approximate surface area is 193 Å². The van der Waals surface area contributed by atoms with Gasteiger partial charge in [0.25, 0.3) is 6.43 Å². The first-order chi connectivity index (χ1) is 15.3. The lowest BCUT2D eigenvalue weighted by molar-refractivity contribution is 0.0405. The molecule has 0 radical (unpaired) electrons. The highest BCUT2D eigenvalue weighted by molar-refractivity contribution is 5.69. The molecule has 1 amide bonds. The predicted molar refractivity (Wildman–Crippen MR) is 120 cm³/mol. The zero-order chi connectivity index (χ0) is 24.8. The van der Waals surface area contributed by atoms with Crippen molar-refractivity contribution in [2.24, 2.45) is 5.92 Å². The van der Waals surface area contributed by atoms with E-state index in [-0.39, 0.29) is 29.7 Å². The monoisotopic (exact) mass is 460 g/mol. The molecule has 7 nitrogen and oxygen atoms in total. The van der Waals surface area contributed by atoms with Gasteiger partial charge in [0.2, 0.25) is 5.88 Å². The third-order valence-electron chi connectivity index (χ3n) is 4.50. The van der Waals surface area contributed by atoms with E-state index in [1.54, 1.807) is 26.8 Å². The second kappa shape index (κ2) is 10.6. The molecule has 178 valence electrons. The van der Waals surface area contributed by atoms with Crippen LogP contribution in [-0.2, 0) is 4.74 Å². The smallest absolute Gasteiger partial charge is 0.408 e. The average Bonchev–Trinajstić information content (AvgIpc) is 2.70. The van der Waals surface area contributed by atoms with Gasteiger partial charge in [0.15, 0.2) is 0 Å². The van der Waals surface area contributed by atoms with Gasteiger partial charge >= 0.3 is 6.09 Å². The molecule has 1 atom stereocenters.